The molecule has 3 atom stereocenters. The Kier molecular flexibility index (Phi) is 6.21. The molecule has 0 aromatic carbocycles. The van der Waals surface area contributed by atoms with Crippen LogP contribution in [0.2, 0.25) is 0 Å². The summed E-state index contributed by atoms with van der Waals surface area (Å²) < 4.78 is 18.7. The molecule has 1 unspecified atom stereocenters. The lowest BCUT2D eigenvalue weighted by molar-refractivity contribution is -0.0961. The number of carboxylic acid groups (broad SMARTS) is 1. The number of aromatic carboxylic acids is 1. The van der Waals surface area contributed by atoms with Crippen LogP contribution < -0.4 is 11.3 Å². The van der Waals surface area contributed by atoms with Crippen molar-refractivity contribution in [3.05, 3.63) is 28.2 Å². The number of carboxylic acids is 1. The van der Waals surface area contributed by atoms with Gasteiger partial charge in [0.05, 0.1) is 36.2 Å². The molecule has 1 aromatic heterocycles. The van der Waals surface area contributed by atoms with Gasteiger partial charge in [-0.05, 0) is 27.7 Å². The zero-order valence-electron chi connectivity index (χ0n) is 15.0. The van der Waals surface area contributed by atoms with Crippen LogP contribution in [-0.4, -0.2) is 46.7 Å². The fourth-order valence-electron chi connectivity index (χ4n) is 2.77. The van der Waals surface area contributed by atoms with Crippen molar-refractivity contribution in [2.75, 3.05) is 12.3 Å². The maximum Gasteiger partial charge on any atom is 0.339 e. The standard InChI is InChI=1S/C17H26N2O6/c1-9(2)23-8-14-13(24-10(3)4)6-16(25-14)19-7-11(17(21)22)12(18)5-15(19)20/h5,7,9-10,13-14,16H,6,8,18H2,1-4H3,(H,21,22)/t13?,14-,16-/m1/s1. The van der Waals surface area contributed by atoms with Crippen LogP contribution in [0.3, 0.4) is 0 Å². The highest BCUT2D eigenvalue weighted by Gasteiger charge is 2.38. The minimum atomic E-state index is -1.20. The summed E-state index contributed by atoms with van der Waals surface area (Å²) in [6.45, 7) is 8.03. The highest BCUT2D eigenvalue weighted by molar-refractivity contribution is 5.93. The van der Waals surface area contributed by atoms with E-state index in [1.54, 1.807) is 0 Å². The number of ether oxygens (including phenoxy) is 3. The fourth-order valence-corrected chi connectivity index (χ4v) is 2.77. The summed E-state index contributed by atoms with van der Waals surface area (Å²) in [7, 11) is 0. The second kappa shape index (κ2) is 7.99. The average molecular weight is 354 g/mol. The molecule has 1 aromatic rings. The molecule has 1 aliphatic rings. The van der Waals surface area contributed by atoms with Crippen molar-refractivity contribution in [1.29, 1.82) is 0 Å². The van der Waals surface area contributed by atoms with Gasteiger partial charge >= 0.3 is 5.97 Å². The van der Waals surface area contributed by atoms with Crippen molar-refractivity contribution in [2.45, 2.75) is 64.8 Å². The monoisotopic (exact) mass is 354 g/mol. The average Bonchev–Trinajstić information content (AvgIpc) is 2.86. The highest BCUT2D eigenvalue weighted by atomic mass is 16.6. The summed E-state index contributed by atoms with van der Waals surface area (Å²) >= 11 is 0. The predicted octanol–water partition coefficient (Wildman–Crippen LogP) is 1.63. The molecule has 8 nitrogen and oxygen atoms in total. The molecule has 1 saturated heterocycles. The van der Waals surface area contributed by atoms with Gasteiger partial charge in [-0.15, -0.1) is 0 Å². The minimum absolute atomic E-state index is 0.00776. The molecule has 0 radical (unpaired) electrons. The van der Waals surface area contributed by atoms with Crippen LogP contribution in [0.15, 0.2) is 17.1 Å². The maximum absolute atomic E-state index is 12.2. The van der Waals surface area contributed by atoms with Crippen LogP contribution >= 0.6 is 0 Å². The van der Waals surface area contributed by atoms with Crippen molar-refractivity contribution in [3.63, 3.8) is 0 Å². The van der Waals surface area contributed by atoms with Crippen LogP contribution in [0.1, 0.15) is 50.7 Å². The van der Waals surface area contributed by atoms with Gasteiger partial charge in [0.25, 0.3) is 5.56 Å². The molecule has 25 heavy (non-hydrogen) atoms. The SMILES string of the molecule is CC(C)OC[C@H]1O[C@@H](n2cc(C(=O)O)c(N)cc2=O)CC1OC(C)C. The first-order valence-electron chi connectivity index (χ1n) is 8.36. The van der Waals surface area contributed by atoms with Crippen molar-refractivity contribution in [1.82, 2.24) is 4.57 Å². The van der Waals surface area contributed by atoms with E-state index < -0.39 is 17.8 Å². The first kappa shape index (κ1) is 19.4. The van der Waals surface area contributed by atoms with Crippen molar-refractivity contribution in [3.8, 4) is 0 Å². The number of carbonyl (C=O) groups is 1. The third-order valence-electron chi connectivity index (χ3n) is 3.87. The van der Waals surface area contributed by atoms with Gasteiger partial charge in [-0.1, -0.05) is 0 Å². The molecule has 2 heterocycles. The molecule has 0 spiro atoms. The number of hydrogen-bond donors (Lipinski definition) is 2. The van der Waals surface area contributed by atoms with E-state index in [0.29, 0.717) is 13.0 Å². The van der Waals surface area contributed by atoms with Crippen LogP contribution in [-0.2, 0) is 14.2 Å². The maximum atomic E-state index is 12.2. The van der Waals surface area contributed by atoms with Gasteiger partial charge < -0.3 is 25.1 Å². The van der Waals surface area contributed by atoms with Crippen LogP contribution in [0.4, 0.5) is 5.69 Å². The van der Waals surface area contributed by atoms with Crippen LogP contribution in [0.5, 0.6) is 0 Å². The molecular weight excluding hydrogens is 328 g/mol. The topological polar surface area (TPSA) is 113 Å². The normalized spacial score (nSPS) is 23.5. The zero-order valence-corrected chi connectivity index (χ0v) is 15.0. The Labute approximate surface area is 146 Å². The minimum Gasteiger partial charge on any atom is -0.478 e. The Morgan fingerprint density at radius 2 is 2.08 bits per heavy atom. The van der Waals surface area contributed by atoms with Gasteiger partial charge in [0.1, 0.15) is 12.3 Å². The number of aromatic nitrogens is 1. The van der Waals surface area contributed by atoms with Gasteiger partial charge in [0, 0.05) is 18.7 Å². The smallest absolute Gasteiger partial charge is 0.339 e. The van der Waals surface area contributed by atoms with Crippen molar-refractivity contribution in [2.24, 2.45) is 0 Å². The Bertz CT molecular complexity index is 670. The number of anilines is 1. The summed E-state index contributed by atoms with van der Waals surface area (Å²) in [6, 6.07) is 1.10. The van der Waals surface area contributed by atoms with E-state index >= 15 is 0 Å². The summed E-state index contributed by atoms with van der Waals surface area (Å²) in [4.78, 5) is 23.5. The van der Waals surface area contributed by atoms with Gasteiger partial charge in [0.15, 0.2) is 0 Å². The molecule has 1 fully saturated rings. The second-order valence-corrected chi connectivity index (χ2v) is 6.66. The Balaban J connectivity index is 2.26. The lowest BCUT2D eigenvalue weighted by atomic mass is 10.1. The number of pyridine rings is 1. The largest absolute Gasteiger partial charge is 0.478 e. The number of nitrogens with two attached hydrogens (primary N) is 1. The van der Waals surface area contributed by atoms with E-state index in [9.17, 15) is 14.7 Å². The van der Waals surface area contributed by atoms with E-state index in [-0.39, 0.29) is 35.7 Å². The first-order valence-corrected chi connectivity index (χ1v) is 8.36. The van der Waals surface area contributed by atoms with E-state index in [2.05, 4.69) is 0 Å². The molecule has 140 valence electrons. The van der Waals surface area contributed by atoms with Crippen LogP contribution in [0.25, 0.3) is 0 Å². The van der Waals surface area contributed by atoms with Gasteiger partial charge in [-0.25, -0.2) is 4.79 Å². The van der Waals surface area contributed by atoms with Crippen molar-refractivity contribution < 1.29 is 24.1 Å². The summed E-state index contributed by atoms with van der Waals surface area (Å²) in [5.74, 6) is -1.20. The lowest BCUT2D eigenvalue weighted by Gasteiger charge is -2.21. The zero-order chi connectivity index (χ0) is 18.7. The van der Waals surface area contributed by atoms with E-state index in [4.69, 9.17) is 19.9 Å². The Morgan fingerprint density at radius 1 is 1.40 bits per heavy atom. The third-order valence-corrected chi connectivity index (χ3v) is 3.87. The summed E-state index contributed by atoms with van der Waals surface area (Å²) in [5, 5.41) is 9.21. The highest BCUT2D eigenvalue weighted by Crippen LogP contribution is 2.31. The number of rotatable bonds is 7. The molecule has 3 N–H and O–H groups in total. The number of hydrogen-bond acceptors (Lipinski definition) is 6. The Morgan fingerprint density at radius 3 is 2.64 bits per heavy atom. The van der Waals surface area contributed by atoms with E-state index in [1.807, 2.05) is 27.7 Å². The predicted molar refractivity (Wildman–Crippen MR) is 91.7 cm³/mol. The molecule has 0 bridgehead atoms. The number of nitrogens with zero attached hydrogens (tertiary/aromatic N) is 1. The molecule has 8 heteroatoms. The molecule has 0 aliphatic carbocycles. The third kappa shape index (κ3) is 4.81. The molecule has 0 amide bonds. The molecule has 1 aliphatic heterocycles. The summed E-state index contributed by atoms with van der Waals surface area (Å²) in [5.41, 5.74) is 5.00. The van der Waals surface area contributed by atoms with Gasteiger partial charge in [0.2, 0.25) is 0 Å². The quantitative estimate of drug-likeness (QED) is 0.765. The number of nitrogen functional groups attached to an aromatic ring is 1. The summed E-state index contributed by atoms with van der Waals surface area (Å²) in [6.07, 6.45) is 0.465. The van der Waals surface area contributed by atoms with Crippen molar-refractivity contribution >= 4 is 11.7 Å². The van der Waals surface area contributed by atoms with Crippen LogP contribution in [0, 0.1) is 0 Å². The van der Waals surface area contributed by atoms with E-state index in [0.717, 1.165) is 6.07 Å². The second-order valence-electron chi connectivity index (χ2n) is 6.66. The van der Waals surface area contributed by atoms with E-state index in [1.165, 1.54) is 10.8 Å². The first-order chi connectivity index (χ1) is 11.7. The molecular formula is C17H26N2O6. The van der Waals surface area contributed by atoms with Gasteiger partial charge in [-0.3, -0.25) is 9.36 Å². The fraction of sp³-hybridized carbons (Fsp3) is 0.647. The van der Waals surface area contributed by atoms with Gasteiger partial charge in [-0.2, -0.15) is 0 Å². The lowest BCUT2D eigenvalue weighted by Crippen LogP contribution is -2.32. The molecule has 0 saturated carbocycles. The molecule has 2 rings (SSSR count). The Hall–Kier alpha value is -1.90.